The van der Waals surface area contributed by atoms with E-state index < -0.39 is 0 Å². The zero-order valence-corrected chi connectivity index (χ0v) is 9.10. The summed E-state index contributed by atoms with van der Waals surface area (Å²) < 4.78 is 5.33. The molecule has 0 aliphatic carbocycles. The lowest BCUT2D eigenvalue weighted by Crippen LogP contribution is -2.34. The largest absolute Gasteiger partial charge is 0.378 e. The molecule has 86 valence electrons. The second-order valence-electron chi connectivity index (χ2n) is 3.88. The fraction of sp³-hybridized carbons (Fsp3) is 0.455. The smallest absolute Gasteiger partial charge is 0.272 e. The second-order valence-corrected chi connectivity index (χ2v) is 3.88. The first-order valence-electron chi connectivity index (χ1n) is 5.24. The van der Waals surface area contributed by atoms with Crippen LogP contribution in [0.5, 0.6) is 0 Å². The number of nitro groups is 1. The summed E-state index contributed by atoms with van der Waals surface area (Å²) in [5, 5.41) is 14.1. The molecule has 0 bridgehead atoms. The SMILES string of the molecule is Cc1ccc(C2COCCN2)cc1[N+](=O)[O-]. The van der Waals surface area contributed by atoms with Crippen LogP contribution >= 0.6 is 0 Å². The Hall–Kier alpha value is -1.46. The van der Waals surface area contributed by atoms with Gasteiger partial charge in [-0.3, -0.25) is 10.1 Å². The van der Waals surface area contributed by atoms with E-state index in [-0.39, 0.29) is 16.7 Å². The van der Waals surface area contributed by atoms with Crippen LogP contribution in [0.4, 0.5) is 5.69 Å². The van der Waals surface area contributed by atoms with E-state index >= 15 is 0 Å². The lowest BCUT2D eigenvalue weighted by molar-refractivity contribution is -0.385. The highest BCUT2D eigenvalue weighted by molar-refractivity contribution is 5.43. The van der Waals surface area contributed by atoms with Crippen LogP contribution in [0.1, 0.15) is 17.2 Å². The van der Waals surface area contributed by atoms with Crippen LogP contribution in [-0.2, 0) is 4.74 Å². The van der Waals surface area contributed by atoms with Crippen LogP contribution < -0.4 is 5.32 Å². The Morgan fingerprint density at radius 1 is 1.56 bits per heavy atom. The molecule has 16 heavy (non-hydrogen) atoms. The van der Waals surface area contributed by atoms with Gasteiger partial charge in [0.2, 0.25) is 0 Å². The summed E-state index contributed by atoms with van der Waals surface area (Å²) in [5.41, 5.74) is 1.77. The molecule has 0 radical (unpaired) electrons. The summed E-state index contributed by atoms with van der Waals surface area (Å²) in [4.78, 5) is 10.5. The zero-order chi connectivity index (χ0) is 11.5. The molecular weight excluding hydrogens is 208 g/mol. The van der Waals surface area contributed by atoms with Crippen molar-refractivity contribution in [3.63, 3.8) is 0 Å². The number of rotatable bonds is 2. The number of aryl methyl sites for hydroxylation is 1. The van der Waals surface area contributed by atoms with Gasteiger partial charge < -0.3 is 10.1 Å². The monoisotopic (exact) mass is 222 g/mol. The van der Waals surface area contributed by atoms with Crippen molar-refractivity contribution in [2.24, 2.45) is 0 Å². The Labute approximate surface area is 93.6 Å². The summed E-state index contributed by atoms with van der Waals surface area (Å²) in [7, 11) is 0. The van der Waals surface area contributed by atoms with Gasteiger partial charge in [0.05, 0.1) is 24.2 Å². The highest BCUT2D eigenvalue weighted by Gasteiger charge is 2.19. The van der Waals surface area contributed by atoms with E-state index in [9.17, 15) is 10.1 Å². The van der Waals surface area contributed by atoms with Gasteiger partial charge in [-0.05, 0) is 12.5 Å². The molecule has 1 fully saturated rings. The van der Waals surface area contributed by atoms with E-state index in [0.717, 1.165) is 12.1 Å². The van der Waals surface area contributed by atoms with Crippen molar-refractivity contribution in [2.45, 2.75) is 13.0 Å². The average molecular weight is 222 g/mol. The normalized spacial score (nSPS) is 20.7. The lowest BCUT2D eigenvalue weighted by Gasteiger charge is -2.24. The molecule has 2 rings (SSSR count). The molecule has 0 aromatic heterocycles. The first-order chi connectivity index (χ1) is 7.68. The highest BCUT2D eigenvalue weighted by atomic mass is 16.6. The summed E-state index contributed by atoms with van der Waals surface area (Å²) in [6.45, 7) is 3.80. The third-order valence-electron chi connectivity index (χ3n) is 2.75. The van der Waals surface area contributed by atoms with Gasteiger partial charge in [-0.25, -0.2) is 0 Å². The fourth-order valence-corrected chi connectivity index (χ4v) is 1.82. The maximum absolute atomic E-state index is 10.8. The Balaban J connectivity index is 2.27. The van der Waals surface area contributed by atoms with Gasteiger partial charge in [-0.2, -0.15) is 0 Å². The second kappa shape index (κ2) is 4.59. The van der Waals surface area contributed by atoms with Gasteiger partial charge in [-0.15, -0.1) is 0 Å². The molecular formula is C11H14N2O3. The molecule has 1 heterocycles. The molecule has 5 nitrogen and oxygen atoms in total. The molecule has 1 saturated heterocycles. The first kappa shape index (κ1) is 11.0. The van der Waals surface area contributed by atoms with E-state index in [1.807, 2.05) is 6.07 Å². The third-order valence-corrected chi connectivity index (χ3v) is 2.75. The Kier molecular flexibility index (Phi) is 3.17. The Morgan fingerprint density at radius 2 is 2.38 bits per heavy atom. The van der Waals surface area contributed by atoms with E-state index in [0.29, 0.717) is 18.8 Å². The van der Waals surface area contributed by atoms with Crippen LogP contribution in [-0.4, -0.2) is 24.7 Å². The quantitative estimate of drug-likeness (QED) is 0.609. The number of benzene rings is 1. The van der Waals surface area contributed by atoms with Gasteiger partial charge in [0.25, 0.3) is 5.69 Å². The standard InChI is InChI=1S/C11H14N2O3/c1-8-2-3-9(6-11(8)13(14)15)10-7-16-5-4-12-10/h2-3,6,10,12H,4-5,7H2,1H3. The van der Waals surface area contributed by atoms with Crippen molar-refractivity contribution in [3.8, 4) is 0 Å². The van der Waals surface area contributed by atoms with Crippen molar-refractivity contribution >= 4 is 5.69 Å². The average Bonchev–Trinajstić information content (AvgIpc) is 2.30. The summed E-state index contributed by atoms with van der Waals surface area (Å²) in [5.74, 6) is 0. The molecule has 1 aromatic carbocycles. The maximum atomic E-state index is 10.8. The maximum Gasteiger partial charge on any atom is 0.272 e. The number of ether oxygens (including phenoxy) is 1. The van der Waals surface area contributed by atoms with E-state index in [2.05, 4.69) is 5.32 Å². The van der Waals surface area contributed by atoms with E-state index in [1.54, 1.807) is 19.1 Å². The van der Waals surface area contributed by atoms with Gasteiger partial charge in [0.1, 0.15) is 0 Å². The van der Waals surface area contributed by atoms with Gasteiger partial charge in [0, 0.05) is 18.2 Å². The minimum atomic E-state index is -0.345. The topological polar surface area (TPSA) is 64.4 Å². The summed E-state index contributed by atoms with van der Waals surface area (Å²) >= 11 is 0. The van der Waals surface area contributed by atoms with Crippen molar-refractivity contribution in [3.05, 3.63) is 39.4 Å². The highest BCUT2D eigenvalue weighted by Crippen LogP contribution is 2.24. The molecule has 1 atom stereocenters. The van der Waals surface area contributed by atoms with Crippen LogP contribution in [0.25, 0.3) is 0 Å². The van der Waals surface area contributed by atoms with Crippen molar-refractivity contribution < 1.29 is 9.66 Å². The zero-order valence-electron chi connectivity index (χ0n) is 9.10. The number of nitrogens with zero attached hydrogens (tertiary/aromatic N) is 1. The van der Waals surface area contributed by atoms with Crippen LogP contribution in [0.3, 0.4) is 0 Å². The summed E-state index contributed by atoms with van der Waals surface area (Å²) in [6.07, 6.45) is 0. The van der Waals surface area contributed by atoms with Crippen molar-refractivity contribution in [2.75, 3.05) is 19.8 Å². The number of hydrogen-bond donors (Lipinski definition) is 1. The van der Waals surface area contributed by atoms with Crippen LogP contribution in [0.15, 0.2) is 18.2 Å². The Bertz CT molecular complexity index is 400. The van der Waals surface area contributed by atoms with E-state index in [1.165, 1.54) is 0 Å². The Morgan fingerprint density at radius 3 is 3.00 bits per heavy atom. The fourth-order valence-electron chi connectivity index (χ4n) is 1.82. The number of nitrogens with one attached hydrogen (secondary N) is 1. The molecule has 0 spiro atoms. The molecule has 1 aromatic rings. The lowest BCUT2D eigenvalue weighted by atomic mass is 10.0. The van der Waals surface area contributed by atoms with Crippen molar-refractivity contribution in [1.82, 2.24) is 5.32 Å². The number of nitro benzene ring substituents is 1. The molecule has 1 aliphatic rings. The van der Waals surface area contributed by atoms with E-state index in [4.69, 9.17) is 4.74 Å². The number of hydrogen-bond acceptors (Lipinski definition) is 4. The van der Waals surface area contributed by atoms with Crippen LogP contribution in [0.2, 0.25) is 0 Å². The predicted octanol–water partition coefficient (Wildman–Crippen LogP) is 1.56. The van der Waals surface area contributed by atoms with Gasteiger partial charge >= 0.3 is 0 Å². The van der Waals surface area contributed by atoms with Gasteiger partial charge in [0.15, 0.2) is 0 Å². The molecule has 0 amide bonds. The molecule has 5 heteroatoms. The summed E-state index contributed by atoms with van der Waals surface area (Å²) in [6, 6.07) is 5.38. The third kappa shape index (κ3) is 2.20. The van der Waals surface area contributed by atoms with Crippen LogP contribution in [0, 0.1) is 17.0 Å². The predicted molar refractivity (Wildman–Crippen MR) is 59.4 cm³/mol. The molecule has 1 unspecified atom stereocenters. The first-order valence-corrected chi connectivity index (χ1v) is 5.24. The minimum Gasteiger partial charge on any atom is -0.378 e. The minimum absolute atomic E-state index is 0.0630. The molecule has 1 N–H and O–H groups in total. The van der Waals surface area contributed by atoms with Crippen molar-refractivity contribution in [1.29, 1.82) is 0 Å². The molecule has 0 saturated carbocycles. The van der Waals surface area contributed by atoms with Gasteiger partial charge in [-0.1, -0.05) is 12.1 Å². The number of morpholine rings is 1. The molecule has 1 aliphatic heterocycles.